The van der Waals surface area contributed by atoms with Crippen LogP contribution < -0.4 is 4.74 Å². The third-order valence-electron chi connectivity index (χ3n) is 4.46. The van der Waals surface area contributed by atoms with E-state index < -0.39 is 56.3 Å². The zero-order chi connectivity index (χ0) is 23.0. The summed E-state index contributed by atoms with van der Waals surface area (Å²) in [5.41, 5.74) is -0.335. The summed E-state index contributed by atoms with van der Waals surface area (Å²) in [6.45, 7) is 3.17. The van der Waals surface area contributed by atoms with Gasteiger partial charge in [0.15, 0.2) is 0 Å². The molecule has 1 fully saturated rings. The van der Waals surface area contributed by atoms with Crippen LogP contribution in [-0.4, -0.2) is 30.9 Å². The molecule has 2 aromatic rings. The molecule has 13 heteroatoms. The van der Waals surface area contributed by atoms with Gasteiger partial charge in [0.2, 0.25) is 6.29 Å². The van der Waals surface area contributed by atoms with Crippen molar-refractivity contribution in [2.45, 2.75) is 31.6 Å². The van der Waals surface area contributed by atoms with Crippen molar-refractivity contribution in [1.29, 1.82) is 0 Å². The smallest absolute Gasteiger partial charge is 0.374 e. The fourth-order valence-corrected chi connectivity index (χ4v) is 6.26. The second kappa shape index (κ2) is 8.52. The molecule has 0 saturated carbocycles. The second-order valence-corrected chi connectivity index (χ2v) is 11.5. The maximum absolute atomic E-state index is 14.6. The molecule has 2 atom stereocenters. The molecule has 2 unspecified atom stereocenters. The molecule has 31 heavy (non-hydrogen) atoms. The van der Waals surface area contributed by atoms with E-state index in [1.165, 1.54) is 24.5 Å². The van der Waals surface area contributed by atoms with Gasteiger partial charge < -0.3 is 19.6 Å². The van der Waals surface area contributed by atoms with Crippen LogP contribution in [0.15, 0.2) is 42.7 Å². The molecule has 0 aliphatic carbocycles. The van der Waals surface area contributed by atoms with Crippen molar-refractivity contribution in [2.75, 3.05) is 0 Å². The molecule has 1 aliphatic rings. The summed E-state index contributed by atoms with van der Waals surface area (Å²) in [5, 5.41) is 7.46. The van der Waals surface area contributed by atoms with E-state index in [-0.39, 0.29) is 11.3 Å². The zero-order valence-electron chi connectivity index (χ0n) is 16.4. The summed E-state index contributed by atoms with van der Waals surface area (Å²) in [6.07, 6.45) is -0.224. The molecule has 3 N–H and O–H groups in total. The SMILES string of the molecule is CC(C)C(=O)Oc1ccc(C2OP(=O)(O)C(O)(Cc3cccnc3)P(=O)(O)O2)c(F)c1. The number of ether oxygens (including phenoxy) is 1. The first-order chi connectivity index (χ1) is 14.4. The maximum Gasteiger partial charge on any atom is 0.374 e. The average molecular weight is 475 g/mol. The van der Waals surface area contributed by atoms with Crippen LogP contribution in [0.25, 0.3) is 0 Å². The van der Waals surface area contributed by atoms with E-state index >= 15 is 0 Å². The Balaban J connectivity index is 1.89. The lowest BCUT2D eigenvalue weighted by Gasteiger charge is -2.41. The van der Waals surface area contributed by atoms with Gasteiger partial charge in [0.05, 0.1) is 5.92 Å². The molecule has 168 valence electrons. The summed E-state index contributed by atoms with van der Waals surface area (Å²) in [7, 11) is -10.5. The van der Waals surface area contributed by atoms with Gasteiger partial charge in [-0.1, -0.05) is 19.9 Å². The zero-order valence-corrected chi connectivity index (χ0v) is 18.2. The van der Waals surface area contributed by atoms with Crippen molar-refractivity contribution in [2.24, 2.45) is 5.92 Å². The molecule has 1 aromatic carbocycles. The molecule has 3 rings (SSSR count). The Bertz CT molecular complexity index is 1050. The molecule has 0 bridgehead atoms. The first kappa shape index (κ1) is 23.7. The minimum absolute atomic E-state index is 0.150. The third-order valence-corrected chi connectivity index (χ3v) is 9.06. The Labute approximate surface area is 176 Å². The van der Waals surface area contributed by atoms with Crippen LogP contribution in [0, 0.1) is 11.7 Å². The van der Waals surface area contributed by atoms with Gasteiger partial charge in [-0.15, -0.1) is 0 Å². The van der Waals surface area contributed by atoms with E-state index in [0.717, 1.165) is 18.2 Å². The highest BCUT2D eigenvalue weighted by Crippen LogP contribution is 2.79. The van der Waals surface area contributed by atoms with Gasteiger partial charge in [-0.2, -0.15) is 0 Å². The average Bonchev–Trinajstić information content (AvgIpc) is 2.66. The van der Waals surface area contributed by atoms with Crippen molar-refractivity contribution in [3.63, 3.8) is 0 Å². The number of hydrogen-bond acceptors (Lipinski definition) is 8. The number of aromatic nitrogens is 1. The Hall–Kier alpha value is -1.97. The Kier molecular flexibility index (Phi) is 6.51. The predicted molar refractivity (Wildman–Crippen MR) is 104 cm³/mol. The fraction of sp³-hybridized carbons (Fsp3) is 0.333. The number of carbonyl (C=O) groups is 1. The largest absolute Gasteiger partial charge is 0.426 e. The molecule has 0 amide bonds. The van der Waals surface area contributed by atoms with E-state index in [4.69, 9.17) is 13.8 Å². The first-order valence-electron chi connectivity index (χ1n) is 9.01. The number of esters is 1. The highest BCUT2D eigenvalue weighted by molar-refractivity contribution is 7.73. The minimum Gasteiger partial charge on any atom is -0.426 e. The number of halogens is 1. The molecule has 10 nitrogen and oxygen atoms in total. The number of nitrogens with zero attached hydrogens (tertiary/aromatic N) is 1. The molecular formula is C18H20FNO9P2. The van der Waals surface area contributed by atoms with E-state index in [1.807, 2.05) is 0 Å². The summed E-state index contributed by atoms with van der Waals surface area (Å²) < 4.78 is 54.8. The Morgan fingerprint density at radius 1 is 1.26 bits per heavy atom. The fourth-order valence-electron chi connectivity index (χ4n) is 2.69. The van der Waals surface area contributed by atoms with Gasteiger partial charge in [-0.25, -0.2) is 4.39 Å². The van der Waals surface area contributed by atoms with Gasteiger partial charge >= 0.3 is 21.2 Å². The molecule has 2 heterocycles. The number of carbonyl (C=O) groups excluding carboxylic acids is 1. The lowest BCUT2D eigenvalue weighted by Crippen LogP contribution is -2.38. The van der Waals surface area contributed by atoms with Gasteiger partial charge in [0, 0.05) is 30.4 Å². The van der Waals surface area contributed by atoms with Gasteiger partial charge in [0.25, 0.3) is 5.08 Å². The lowest BCUT2D eigenvalue weighted by atomic mass is 10.2. The van der Waals surface area contributed by atoms with Crippen LogP contribution in [-0.2, 0) is 29.4 Å². The maximum atomic E-state index is 14.6. The molecule has 1 saturated heterocycles. The number of aliphatic hydroxyl groups is 1. The highest BCUT2D eigenvalue weighted by Gasteiger charge is 2.67. The molecule has 1 aromatic heterocycles. The summed E-state index contributed by atoms with van der Waals surface area (Å²) in [4.78, 5) is 36.0. The Morgan fingerprint density at radius 2 is 1.90 bits per heavy atom. The van der Waals surface area contributed by atoms with Crippen LogP contribution >= 0.6 is 15.2 Å². The monoisotopic (exact) mass is 475 g/mol. The lowest BCUT2D eigenvalue weighted by molar-refractivity contribution is -0.137. The normalized spacial score (nSPS) is 30.9. The van der Waals surface area contributed by atoms with Crippen molar-refractivity contribution in [1.82, 2.24) is 4.98 Å². The van der Waals surface area contributed by atoms with E-state index in [0.29, 0.717) is 0 Å². The summed E-state index contributed by atoms with van der Waals surface area (Å²) >= 11 is 0. The van der Waals surface area contributed by atoms with Crippen LogP contribution in [0.3, 0.4) is 0 Å². The standard InChI is InChI=1S/C18H20FNO9P2/c1-11(2)16(21)27-13-5-6-14(15(19)8-13)17-28-30(23,24)18(22,31(25,26)29-17)9-12-4-3-7-20-10-12/h3-8,10-11,17,22H,9H2,1-2H3,(H,23,24)(H,25,26). The molecular weight excluding hydrogens is 455 g/mol. The number of rotatable bonds is 5. The van der Waals surface area contributed by atoms with E-state index in [2.05, 4.69) is 4.98 Å². The van der Waals surface area contributed by atoms with Crippen LogP contribution in [0.1, 0.15) is 31.3 Å². The molecule has 0 radical (unpaired) electrons. The van der Waals surface area contributed by atoms with Crippen LogP contribution in [0.4, 0.5) is 4.39 Å². The van der Waals surface area contributed by atoms with Gasteiger partial charge in [-0.3, -0.25) is 28.0 Å². The van der Waals surface area contributed by atoms with Crippen molar-refractivity contribution < 1.29 is 47.0 Å². The number of hydrogen-bond donors (Lipinski definition) is 3. The Morgan fingerprint density at radius 3 is 2.42 bits per heavy atom. The van der Waals surface area contributed by atoms with Gasteiger partial charge in [0.1, 0.15) is 11.6 Å². The van der Waals surface area contributed by atoms with Crippen molar-refractivity contribution in [3.8, 4) is 5.75 Å². The number of benzene rings is 1. The van der Waals surface area contributed by atoms with E-state index in [1.54, 1.807) is 13.8 Å². The third kappa shape index (κ3) is 4.63. The quantitative estimate of drug-likeness (QED) is 0.334. The number of pyridine rings is 1. The van der Waals surface area contributed by atoms with Crippen LogP contribution in [0.5, 0.6) is 5.75 Å². The van der Waals surface area contributed by atoms with Crippen molar-refractivity contribution >= 4 is 21.2 Å². The van der Waals surface area contributed by atoms with Gasteiger partial charge in [-0.05, 0) is 23.8 Å². The predicted octanol–water partition coefficient (Wildman–Crippen LogP) is 3.09. The molecule has 0 spiro atoms. The first-order valence-corrected chi connectivity index (χ1v) is 12.2. The topological polar surface area (TPSA) is 152 Å². The highest BCUT2D eigenvalue weighted by atomic mass is 31.2. The minimum atomic E-state index is -5.25. The van der Waals surface area contributed by atoms with E-state index in [9.17, 15) is 33.2 Å². The molecule has 1 aliphatic heterocycles. The summed E-state index contributed by atoms with van der Waals surface area (Å²) in [5.74, 6) is -2.32. The van der Waals surface area contributed by atoms with Crippen LogP contribution in [0.2, 0.25) is 0 Å². The second-order valence-electron chi connectivity index (χ2n) is 7.16. The summed E-state index contributed by atoms with van der Waals surface area (Å²) in [6, 6.07) is 5.83. The van der Waals surface area contributed by atoms with Crippen molar-refractivity contribution in [3.05, 3.63) is 59.7 Å².